The number of methoxy groups -OCH3 is 1. The maximum atomic E-state index is 11.5. The zero-order valence-electron chi connectivity index (χ0n) is 17.4. The van der Waals surface area contributed by atoms with Crippen molar-refractivity contribution in [3.05, 3.63) is 59.2 Å². The third kappa shape index (κ3) is 8.22. The number of benzene rings is 2. The molecule has 0 aliphatic rings. The largest absolute Gasteiger partial charge is 0.496 e. The van der Waals surface area contributed by atoms with Gasteiger partial charge in [-0.15, -0.1) is 24.0 Å². The molecule has 2 rings (SSSR count). The second kappa shape index (κ2) is 12.0. The number of hydrogen-bond acceptors (Lipinski definition) is 4. The highest BCUT2D eigenvalue weighted by molar-refractivity contribution is 14.0. The average molecular weight is 531 g/mol. The summed E-state index contributed by atoms with van der Waals surface area (Å²) in [6.45, 7) is 3.49. The summed E-state index contributed by atoms with van der Waals surface area (Å²) in [5.74, 6) is 1.65. The lowest BCUT2D eigenvalue weighted by atomic mass is 10.1. The summed E-state index contributed by atoms with van der Waals surface area (Å²) in [6, 6.07) is 13.2. The fourth-order valence-corrected chi connectivity index (χ4v) is 3.42. The summed E-state index contributed by atoms with van der Waals surface area (Å²) in [5.41, 5.74) is 3.40. The first-order valence-corrected chi connectivity index (χ1v) is 11.1. The Morgan fingerprint density at radius 3 is 2.07 bits per heavy atom. The summed E-state index contributed by atoms with van der Waals surface area (Å²) in [6.07, 6.45) is 2.86. The van der Waals surface area contributed by atoms with Gasteiger partial charge >= 0.3 is 0 Å². The molecule has 0 aliphatic heterocycles. The van der Waals surface area contributed by atoms with E-state index >= 15 is 0 Å². The number of sulfone groups is 1. The number of ether oxygens (including phenoxy) is 1. The number of nitrogens with one attached hydrogen (secondary N) is 2. The molecule has 0 radical (unpaired) electrons. The highest BCUT2D eigenvalue weighted by Gasteiger charge is 2.06. The summed E-state index contributed by atoms with van der Waals surface area (Å²) >= 11 is 0. The maximum absolute atomic E-state index is 11.5. The Morgan fingerprint density at radius 2 is 1.55 bits per heavy atom. The molecule has 2 aromatic rings. The normalized spacial score (nSPS) is 11.5. The van der Waals surface area contributed by atoms with E-state index in [-0.39, 0.29) is 24.0 Å². The van der Waals surface area contributed by atoms with Gasteiger partial charge in [-0.25, -0.2) is 8.42 Å². The Morgan fingerprint density at radius 1 is 1.00 bits per heavy atom. The number of guanidine groups is 1. The minimum atomic E-state index is -3.15. The molecule has 0 amide bonds. The number of rotatable bonds is 8. The van der Waals surface area contributed by atoms with Crippen molar-refractivity contribution in [1.29, 1.82) is 0 Å². The van der Waals surface area contributed by atoms with E-state index in [0.29, 0.717) is 11.4 Å². The van der Waals surface area contributed by atoms with E-state index in [9.17, 15) is 8.42 Å². The highest BCUT2D eigenvalue weighted by Crippen LogP contribution is 2.19. The van der Waals surface area contributed by atoms with E-state index in [0.717, 1.165) is 42.2 Å². The van der Waals surface area contributed by atoms with Crippen molar-refractivity contribution in [3.63, 3.8) is 0 Å². The van der Waals surface area contributed by atoms with Gasteiger partial charge in [-0.3, -0.25) is 4.99 Å². The molecule has 0 saturated carbocycles. The molecule has 160 valence electrons. The minimum absolute atomic E-state index is 0. The molecule has 0 bridgehead atoms. The summed E-state index contributed by atoms with van der Waals surface area (Å²) < 4.78 is 28.4. The topological polar surface area (TPSA) is 79.8 Å². The summed E-state index contributed by atoms with van der Waals surface area (Å²) in [7, 11) is 0.276. The molecule has 0 fully saturated rings. The molecule has 6 nitrogen and oxygen atoms in total. The maximum Gasteiger partial charge on any atom is 0.190 e. The first-order valence-electron chi connectivity index (χ1n) is 9.20. The quantitative estimate of drug-likeness (QED) is 0.311. The molecule has 0 atom stereocenters. The Labute approximate surface area is 191 Å². The lowest BCUT2D eigenvalue weighted by molar-refractivity contribution is 0.411. The second-order valence-corrected chi connectivity index (χ2v) is 8.66. The Bertz CT molecular complexity index is 913. The van der Waals surface area contributed by atoms with Crippen LogP contribution in [-0.4, -0.2) is 47.9 Å². The van der Waals surface area contributed by atoms with Gasteiger partial charge in [0.25, 0.3) is 0 Å². The molecule has 0 heterocycles. The van der Waals surface area contributed by atoms with E-state index in [1.165, 1.54) is 11.8 Å². The SMILES string of the molecule is CN=C(NCCc1ccc(S(C)(=O)=O)cc1)NCCc1ccc(C)c(OC)c1.I. The van der Waals surface area contributed by atoms with Crippen LogP contribution >= 0.6 is 24.0 Å². The molecular weight excluding hydrogens is 501 g/mol. The van der Waals surface area contributed by atoms with Gasteiger partial charge in [-0.2, -0.15) is 0 Å². The van der Waals surface area contributed by atoms with E-state index in [4.69, 9.17) is 4.74 Å². The zero-order valence-corrected chi connectivity index (χ0v) is 20.5. The molecule has 0 aliphatic carbocycles. The third-order valence-electron chi connectivity index (χ3n) is 4.46. The van der Waals surface area contributed by atoms with Gasteiger partial charge in [0.2, 0.25) is 0 Å². The van der Waals surface area contributed by atoms with Gasteiger partial charge < -0.3 is 15.4 Å². The van der Waals surface area contributed by atoms with Crippen molar-refractivity contribution in [3.8, 4) is 5.75 Å². The van der Waals surface area contributed by atoms with Gasteiger partial charge in [0.1, 0.15) is 5.75 Å². The molecule has 0 unspecified atom stereocenters. The zero-order chi connectivity index (χ0) is 20.6. The van der Waals surface area contributed by atoms with E-state index < -0.39 is 9.84 Å². The predicted molar refractivity (Wildman–Crippen MR) is 129 cm³/mol. The van der Waals surface area contributed by atoms with Crippen molar-refractivity contribution < 1.29 is 13.2 Å². The molecule has 0 spiro atoms. The first-order chi connectivity index (χ1) is 13.3. The summed E-state index contributed by atoms with van der Waals surface area (Å²) in [4.78, 5) is 4.58. The Kier molecular flexibility index (Phi) is 10.5. The van der Waals surface area contributed by atoms with E-state index in [2.05, 4.69) is 33.8 Å². The van der Waals surface area contributed by atoms with Crippen LogP contribution < -0.4 is 15.4 Å². The van der Waals surface area contributed by atoms with Crippen LogP contribution in [0.4, 0.5) is 0 Å². The van der Waals surface area contributed by atoms with Crippen LogP contribution in [0, 0.1) is 6.92 Å². The van der Waals surface area contributed by atoms with Crippen molar-refractivity contribution in [2.45, 2.75) is 24.7 Å². The number of hydrogen-bond donors (Lipinski definition) is 2. The van der Waals surface area contributed by atoms with Gasteiger partial charge in [0, 0.05) is 26.4 Å². The van der Waals surface area contributed by atoms with Crippen LogP contribution in [-0.2, 0) is 22.7 Å². The Hall–Kier alpha value is -1.81. The van der Waals surface area contributed by atoms with Gasteiger partial charge in [-0.05, 0) is 54.7 Å². The van der Waals surface area contributed by atoms with Crippen molar-refractivity contribution in [1.82, 2.24) is 10.6 Å². The Balaban J connectivity index is 0.00000420. The lowest BCUT2D eigenvalue weighted by Crippen LogP contribution is -2.39. The van der Waals surface area contributed by atoms with Crippen molar-refractivity contribution in [2.75, 3.05) is 33.5 Å². The van der Waals surface area contributed by atoms with Crippen LogP contribution in [0.1, 0.15) is 16.7 Å². The fraction of sp³-hybridized carbons (Fsp3) is 0.381. The number of nitrogens with zero attached hydrogens (tertiary/aromatic N) is 1. The molecule has 2 N–H and O–H groups in total. The molecule has 8 heteroatoms. The first kappa shape index (κ1) is 25.2. The van der Waals surface area contributed by atoms with Crippen LogP contribution in [0.5, 0.6) is 5.75 Å². The highest BCUT2D eigenvalue weighted by atomic mass is 127. The fourth-order valence-electron chi connectivity index (χ4n) is 2.79. The second-order valence-electron chi connectivity index (χ2n) is 6.65. The van der Waals surface area contributed by atoms with Gasteiger partial charge in [0.05, 0.1) is 12.0 Å². The monoisotopic (exact) mass is 531 g/mol. The van der Waals surface area contributed by atoms with Gasteiger partial charge in [0.15, 0.2) is 15.8 Å². The smallest absolute Gasteiger partial charge is 0.190 e. The number of halogens is 1. The molecule has 2 aromatic carbocycles. The van der Waals surface area contributed by atoms with E-state index in [1.807, 2.05) is 19.1 Å². The number of aryl methyl sites for hydroxylation is 1. The standard InChI is InChI=1S/C21H29N3O3S.HI/c1-16-5-6-18(15-20(16)27-3)12-14-24-21(22-2)23-13-11-17-7-9-19(10-8-17)28(4,25)26;/h5-10,15H,11-14H2,1-4H3,(H2,22,23,24);1H. The average Bonchev–Trinajstić information content (AvgIpc) is 2.67. The molecule has 0 aromatic heterocycles. The van der Waals surface area contributed by atoms with Gasteiger partial charge in [-0.1, -0.05) is 24.3 Å². The van der Waals surface area contributed by atoms with Crippen LogP contribution in [0.25, 0.3) is 0 Å². The molecular formula is C21H30IN3O3S. The lowest BCUT2D eigenvalue weighted by Gasteiger charge is -2.13. The van der Waals surface area contributed by atoms with E-state index in [1.54, 1.807) is 26.3 Å². The molecule has 0 saturated heterocycles. The number of aliphatic imine (C=N–C) groups is 1. The van der Waals surface area contributed by atoms with Crippen LogP contribution in [0.2, 0.25) is 0 Å². The predicted octanol–water partition coefficient (Wildman–Crippen LogP) is 2.98. The minimum Gasteiger partial charge on any atom is -0.496 e. The molecule has 29 heavy (non-hydrogen) atoms. The van der Waals surface area contributed by atoms with Crippen LogP contribution in [0.3, 0.4) is 0 Å². The van der Waals surface area contributed by atoms with Crippen molar-refractivity contribution in [2.24, 2.45) is 4.99 Å². The summed E-state index contributed by atoms with van der Waals surface area (Å²) in [5, 5.41) is 6.58. The van der Waals surface area contributed by atoms with Crippen molar-refractivity contribution >= 4 is 39.8 Å². The third-order valence-corrected chi connectivity index (χ3v) is 5.59. The van der Waals surface area contributed by atoms with Crippen LogP contribution in [0.15, 0.2) is 52.4 Å².